The maximum absolute atomic E-state index is 6.16. The smallest absolute Gasteiger partial charge is 0.155 e. The van der Waals surface area contributed by atoms with E-state index in [1.807, 2.05) is 29.8 Å². The van der Waals surface area contributed by atoms with E-state index in [4.69, 9.17) is 11.6 Å². The van der Waals surface area contributed by atoms with Crippen LogP contribution in [-0.4, -0.2) is 19.4 Å². The molecule has 3 heterocycles. The van der Waals surface area contributed by atoms with E-state index in [9.17, 15) is 0 Å². The van der Waals surface area contributed by atoms with E-state index in [-0.39, 0.29) is 0 Å². The quantitative estimate of drug-likeness (QED) is 0.661. The zero-order valence-electron chi connectivity index (χ0n) is 9.13. The molecule has 4 nitrogen and oxygen atoms in total. The third kappa shape index (κ3) is 1.76. The van der Waals surface area contributed by atoms with E-state index in [1.165, 1.54) is 0 Å². The van der Waals surface area contributed by atoms with Crippen molar-refractivity contribution in [2.24, 2.45) is 0 Å². The summed E-state index contributed by atoms with van der Waals surface area (Å²) in [7, 11) is 0. The molecular weight excluding hydrogens is 236 g/mol. The van der Waals surface area contributed by atoms with Crippen LogP contribution < -0.4 is 0 Å². The average Bonchev–Trinajstić information content (AvgIpc) is 2.78. The van der Waals surface area contributed by atoms with Gasteiger partial charge in [0.1, 0.15) is 5.82 Å². The highest BCUT2D eigenvalue weighted by atomic mass is 35.5. The molecule has 0 radical (unpaired) electrons. The summed E-state index contributed by atoms with van der Waals surface area (Å²) in [5.41, 5.74) is 2.66. The normalized spacial score (nSPS) is 10.9. The lowest BCUT2D eigenvalue weighted by Gasteiger charge is -2.04. The van der Waals surface area contributed by atoms with Crippen LogP contribution in [0.3, 0.4) is 0 Å². The third-order valence-corrected chi connectivity index (χ3v) is 2.84. The zero-order valence-corrected chi connectivity index (χ0v) is 9.89. The Morgan fingerprint density at radius 2 is 1.88 bits per heavy atom. The van der Waals surface area contributed by atoms with Gasteiger partial charge in [-0.3, -0.25) is 0 Å². The molecule has 0 aliphatic heterocycles. The van der Waals surface area contributed by atoms with E-state index in [0.29, 0.717) is 5.02 Å². The molecule has 0 aliphatic rings. The Morgan fingerprint density at radius 1 is 1.12 bits per heavy atom. The van der Waals surface area contributed by atoms with E-state index < -0.39 is 0 Å². The number of imidazole rings is 1. The summed E-state index contributed by atoms with van der Waals surface area (Å²) in [6.07, 6.45) is 9.12. The van der Waals surface area contributed by atoms with Crippen LogP contribution in [0.15, 0.2) is 37.1 Å². The van der Waals surface area contributed by atoms with Crippen LogP contribution in [0.25, 0.3) is 16.8 Å². The van der Waals surface area contributed by atoms with Gasteiger partial charge in [0.2, 0.25) is 0 Å². The number of fused-ring (bicyclic) bond motifs is 1. The predicted octanol–water partition coefficient (Wildman–Crippen LogP) is 2.75. The van der Waals surface area contributed by atoms with E-state index in [2.05, 4.69) is 15.0 Å². The summed E-state index contributed by atoms with van der Waals surface area (Å²) in [5.74, 6) is 0.753. The van der Waals surface area contributed by atoms with Crippen LogP contribution in [0.4, 0.5) is 0 Å². The first-order valence-corrected chi connectivity index (χ1v) is 5.53. The second-order valence-electron chi connectivity index (χ2n) is 3.75. The molecule has 0 spiro atoms. The summed E-state index contributed by atoms with van der Waals surface area (Å²) >= 11 is 6.16. The molecule has 0 fully saturated rings. The second-order valence-corrected chi connectivity index (χ2v) is 4.16. The van der Waals surface area contributed by atoms with Crippen LogP contribution in [0, 0.1) is 6.92 Å². The number of halogens is 1. The van der Waals surface area contributed by atoms with Gasteiger partial charge in [0.15, 0.2) is 5.65 Å². The summed E-state index contributed by atoms with van der Waals surface area (Å²) in [5, 5.41) is 0.619. The van der Waals surface area contributed by atoms with Gasteiger partial charge in [0.05, 0.1) is 5.02 Å². The molecule has 84 valence electrons. The highest BCUT2D eigenvalue weighted by Crippen LogP contribution is 2.24. The Kier molecular flexibility index (Phi) is 2.30. The first-order chi connectivity index (χ1) is 8.24. The standard InChI is InChI=1S/C12H9ClN4/c1-8-15-5-10(6-16-8)9-4-11(13)12-14-2-3-17(12)7-9/h2-7H,1H3. The first kappa shape index (κ1) is 10.2. The van der Waals surface area contributed by atoms with Crippen molar-refractivity contribution in [3.05, 3.63) is 47.9 Å². The van der Waals surface area contributed by atoms with Crippen molar-refractivity contribution >= 4 is 17.2 Å². The van der Waals surface area contributed by atoms with Crippen molar-refractivity contribution in [1.82, 2.24) is 19.4 Å². The molecule has 0 unspecified atom stereocenters. The van der Waals surface area contributed by atoms with E-state index in [1.54, 1.807) is 18.6 Å². The molecule has 0 aromatic carbocycles. The van der Waals surface area contributed by atoms with E-state index >= 15 is 0 Å². The van der Waals surface area contributed by atoms with Crippen molar-refractivity contribution < 1.29 is 0 Å². The molecular formula is C12H9ClN4. The number of nitrogens with zero attached hydrogens (tertiary/aromatic N) is 4. The molecule has 0 saturated carbocycles. The summed E-state index contributed by atoms with van der Waals surface area (Å²) < 4.78 is 1.89. The largest absolute Gasteiger partial charge is 0.305 e. The van der Waals surface area contributed by atoms with Crippen molar-refractivity contribution in [3.8, 4) is 11.1 Å². The van der Waals surface area contributed by atoms with Crippen LogP contribution in [0.5, 0.6) is 0 Å². The minimum atomic E-state index is 0.619. The fourth-order valence-electron chi connectivity index (χ4n) is 1.69. The highest BCUT2D eigenvalue weighted by molar-refractivity contribution is 6.33. The Hall–Kier alpha value is -1.94. The fourth-order valence-corrected chi connectivity index (χ4v) is 1.95. The van der Waals surface area contributed by atoms with Crippen molar-refractivity contribution in [3.63, 3.8) is 0 Å². The Labute approximate surface area is 103 Å². The molecule has 3 aromatic rings. The maximum Gasteiger partial charge on any atom is 0.155 e. The monoisotopic (exact) mass is 244 g/mol. The van der Waals surface area contributed by atoms with Gasteiger partial charge < -0.3 is 4.40 Å². The van der Waals surface area contributed by atoms with Crippen LogP contribution in [0.2, 0.25) is 5.02 Å². The van der Waals surface area contributed by atoms with Gasteiger partial charge in [-0.15, -0.1) is 0 Å². The van der Waals surface area contributed by atoms with Crippen molar-refractivity contribution in [2.75, 3.05) is 0 Å². The number of hydrogen-bond acceptors (Lipinski definition) is 3. The molecule has 17 heavy (non-hydrogen) atoms. The van der Waals surface area contributed by atoms with Gasteiger partial charge in [-0.1, -0.05) is 11.6 Å². The minimum absolute atomic E-state index is 0.619. The second kappa shape index (κ2) is 3.82. The first-order valence-electron chi connectivity index (χ1n) is 5.15. The van der Waals surface area contributed by atoms with Crippen LogP contribution in [0.1, 0.15) is 5.82 Å². The lowest BCUT2D eigenvalue weighted by atomic mass is 10.1. The molecule has 5 heteroatoms. The highest BCUT2D eigenvalue weighted by Gasteiger charge is 2.05. The van der Waals surface area contributed by atoms with Gasteiger partial charge in [-0.2, -0.15) is 0 Å². The summed E-state index contributed by atoms with van der Waals surface area (Å²) in [4.78, 5) is 12.5. The molecule has 0 aliphatic carbocycles. The molecule has 3 rings (SSSR count). The SMILES string of the molecule is Cc1ncc(-c2cc(Cl)c3nccn3c2)cn1. The van der Waals surface area contributed by atoms with Gasteiger partial charge in [0.25, 0.3) is 0 Å². The van der Waals surface area contributed by atoms with Gasteiger partial charge >= 0.3 is 0 Å². The van der Waals surface area contributed by atoms with E-state index in [0.717, 1.165) is 22.6 Å². The van der Waals surface area contributed by atoms with Crippen molar-refractivity contribution in [1.29, 1.82) is 0 Å². The van der Waals surface area contributed by atoms with Crippen LogP contribution in [-0.2, 0) is 0 Å². The maximum atomic E-state index is 6.16. The third-order valence-electron chi connectivity index (χ3n) is 2.56. The Morgan fingerprint density at radius 3 is 2.65 bits per heavy atom. The molecule has 3 aromatic heterocycles. The Balaban J connectivity index is 2.20. The average molecular weight is 245 g/mol. The number of hydrogen-bond donors (Lipinski definition) is 0. The lowest BCUT2D eigenvalue weighted by molar-refractivity contribution is 1.05. The zero-order chi connectivity index (χ0) is 11.8. The fraction of sp³-hybridized carbons (Fsp3) is 0.0833. The summed E-state index contributed by atoms with van der Waals surface area (Å²) in [6, 6.07) is 1.87. The number of aromatic nitrogens is 4. The number of pyridine rings is 1. The topological polar surface area (TPSA) is 43.1 Å². The molecule has 0 N–H and O–H groups in total. The van der Waals surface area contributed by atoms with Gasteiger partial charge in [0, 0.05) is 42.1 Å². The molecule has 0 bridgehead atoms. The number of aryl methyl sites for hydroxylation is 1. The summed E-state index contributed by atoms with van der Waals surface area (Å²) in [6.45, 7) is 1.86. The molecule has 0 atom stereocenters. The minimum Gasteiger partial charge on any atom is -0.305 e. The van der Waals surface area contributed by atoms with Crippen LogP contribution >= 0.6 is 11.6 Å². The van der Waals surface area contributed by atoms with Crippen molar-refractivity contribution in [2.45, 2.75) is 6.92 Å². The number of rotatable bonds is 1. The molecule has 0 saturated heterocycles. The lowest BCUT2D eigenvalue weighted by Crippen LogP contribution is -1.91. The Bertz CT molecular complexity index is 673. The van der Waals surface area contributed by atoms with Gasteiger partial charge in [-0.05, 0) is 13.0 Å². The van der Waals surface area contributed by atoms with Gasteiger partial charge in [-0.25, -0.2) is 15.0 Å². The predicted molar refractivity (Wildman–Crippen MR) is 66.0 cm³/mol. The molecule has 0 amide bonds.